The van der Waals surface area contributed by atoms with Crippen LogP contribution in [0.1, 0.15) is 29.3 Å². The van der Waals surface area contributed by atoms with Crippen molar-refractivity contribution in [3.8, 4) is 23.1 Å². The molecule has 208 valence electrons. The molecule has 0 aliphatic heterocycles. The summed E-state index contributed by atoms with van der Waals surface area (Å²) in [6.07, 6.45) is -7.93. The number of amides is 1. The highest BCUT2D eigenvalue weighted by molar-refractivity contribution is 7.86. The van der Waals surface area contributed by atoms with E-state index in [1.54, 1.807) is 0 Å². The molecular weight excluding hydrogens is 568 g/mol. The highest BCUT2D eigenvalue weighted by Crippen LogP contribution is 2.34. The number of primary amides is 1. The fraction of sp³-hybridized carbons (Fsp3) is 0.167. The molecule has 16 heteroatoms. The molecule has 1 amide bonds. The van der Waals surface area contributed by atoms with Gasteiger partial charge in [-0.1, -0.05) is 24.0 Å². The molecule has 0 spiro atoms. The van der Waals surface area contributed by atoms with E-state index in [0.717, 1.165) is 43.7 Å². The third kappa shape index (κ3) is 6.05. The lowest BCUT2D eigenvalue weighted by Crippen LogP contribution is -2.30. The molecule has 40 heavy (non-hydrogen) atoms. The van der Waals surface area contributed by atoms with E-state index in [2.05, 4.69) is 26.9 Å². The number of hydrogen-bond acceptors (Lipinski definition) is 7. The summed E-state index contributed by atoms with van der Waals surface area (Å²) in [5.41, 5.74) is 2.01. The molecule has 1 aromatic carbocycles. The lowest BCUT2D eigenvalue weighted by Gasteiger charge is -2.12. The lowest BCUT2D eigenvalue weighted by molar-refractivity contribution is -0.142. The van der Waals surface area contributed by atoms with Crippen LogP contribution in [0.4, 0.5) is 26.3 Å². The SMILES string of the molecule is CC(OS(=O)(=O)c1cncc(C#Cc2cnn3c(C(F)(F)F)cc(-c4ccc(C(F)(F)F)cc4)nc23)c1)C(N)=O. The summed E-state index contributed by atoms with van der Waals surface area (Å²) in [7, 11) is -4.46. The zero-order valence-electron chi connectivity index (χ0n) is 19.9. The van der Waals surface area contributed by atoms with E-state index in [0.29, 0.717) is 22.7 Å². The number of carbonyl (C=O) groups is 1. The van der Waals surface area contributed by atoms with Crippen LogP contribution in [0.25, 0.3) is 16.9 Å². The quantitative estimate of drug-likeness (QED) is 0.215. The van der Waals surface area contributed by atoms with Gasteiger partial charge >= 0.3 is 12.4 Å². The summed E-state index contributed by atoms with van der Waals surface area (Å²) in [6.45, 7) is 1.13. The van der Waals surface area contributed by atoms with Crippen molar-refractivity contribution in [3.05, 3.63) is 77.4 Å². The molecule has 0 radical (unpaired) electrons. The van der Waals surface area contributed by atoms with Crippen molar-refractivity contribution in [2.24, 2.45) is 5.73 Å². The van der Waals surface area contributed by atoms with E-state index in [1.165, 1.54) is 0 Å². The van der Waals surface area contributed by atoms with Crippen molar-refractivity contribution in [2.45, 2.75) is 30.3 Å². The normalized spacial score (nSPS) is 13.1. The maximum absolute atomic E-state index is 13.8. The van der Waals surface area contributed by atoms with Crippen LogP contribution in [0.3, 0.4) is 0 Å². The van der Waals surface area contributed by atoms with Crippen molar-refractivity contribution in [3.63, 3.8) is 0 Å². The number of rotatable bonds is 5. The molecule has 4 rings (SSSR count). The van der Waals surface area contributed by atoms with Gasteiger partial charge in [0.2, 0.25) is 5.91 Å². The Morgan fingerprint density at radius 3 is 2.27 bits per heavy atom. The summed E-state index contributed by atoms with van der Waals surface area (Å²) in [6, 6.07) is 5.10. The van der Waals surface area contributed by atoms with Crippen molar-refractivity contribution >= 4 is 21.7 Å². The molecule has 0 saturated carbocycles. The number of carbonyl (C=O) groups excluding carboxylic acids is 1. The Kier molecular flexibility index (Phi) is 7.30. The molecule has 3 heterocycles. The van der Waals surface area contributed by atoms with Gasteiger partial charge in [-0.25, -0.2) is 9.50 Å². The predicted octanol–water partition coefficient (Wildman–Crippen LogP) is 3.81. The van der Waals surface area contributed by atoms with E-state index < -0.39 is 50.6 Å². The third-order valence-electron chi connectivity index (χ3n) is 5.29. The van der Waals surface area contributed by atoms with Crippen molar-refractivity contribution in [2.75, 3.05) is 0 Å². The minimum Gasteiger partial charge on any atom is -0.367 e. The first kappa shape index (κ1) is 28.5. The molecule has 3 aromatic heterocycles. The Balaban J connectivity index is 1.77. The van der Waals surface area contributed by atoms with E-state index in [4.69, 9.17) is 9.92 Å². The summed E-state index contributed by atoms with van der Waals surface area (Å²) in [5.74, 6) is 4.07. The smallest absolute Gasteiger partial charge is 0.367 e. The second-order valence-corrected chi connectivity index (χ2v) is 9.72. The number of fused-ring (bicyclic) bond motifs is 1. The molecular formula is C24H15F6N5O4S. The van der Waals surface area contributed by atoms with Gasteiger partial charge in [-0.15, -0.1) is 0 Å². The van der Waals surface area contributed by atoms with Crippen LogP contribution in [0, 0.1) is 11.8 Å². The number of halogens is 6. The summed E-state index contributed by atoms with van der Waals surface area (Å²) >= 11 is 0. The predicted molar refractivity (Wildman–Crippen MR) is 126 cm³/mol. The van der Waals surface area contributed by atoms with Crippen LogP contribution in [0.5, 0.6) is 0 Å². The van der Waals surface area contributed by atoms with E-state index in [-0.39, 0.29) is 28.0 Å². The van der Waals surface area contributed by atoms with Crippen LogP contribution in [-0.2, 0) is 31.4 Å². The van der Waals surface area contributed by atoms with Crippen LogP contribution in [0.15, 0.2) is 59.9 Å². The number of hydrogen-bond donors (Lipinski definition) is 1. The van der Waals surface area contributed by atoms with Gasteiger partial charge in [-0.3, -0.25) is 14.0 Å². The second-order valence-electron chi connectivity index (χ2n) is 8.15. The molecule has 0 saturated heterocycles. The highest BCUT2D eigenvalue weighted by atomic mass is 32.2. The second kappa shape index (κ2) is 10.2. The summed E-state index contributed by atoms with van der Waals surface area (Å²) in [4.78, 5) is 18.6. The van der Waals surface area contributed by atoms with Gasteiger partial charge < -0.3 is 5.73 Å². The van der Waals surface area contributed by atoms with Gasteiger partial charge in [0.05, 0.1) is 23.0 Å². The van der Waals surface area contributed by atoms with Crippen molar-refractivity contribution in [1.29, 1.82) is 0 Å². The van der Waals surface area contributed by atoms with Crippen molar-refractivity contribution < 1.29 is 43.7 Å². The molecule has 1 unspecified atom stereocenters. The Morgan fingerprint density at radius 2 is 1.68 bits per heavy atom. The zero-order chi connectivity index (χ0) is 29.5. The average Bonchev–Trinajstić information content (AvgIpc) is 3.28. The summed E-state index contributed by atoms with van der Waals surface area (Å²) in [5, 5.41) is 3.69. The number of nitrogens with two attached hydrogens (primary N) is 1. The maximum Gasteiger partial charge on any atom is 0.433 e. The maximum atomic E-state index is 13.8. The number of benzene rings is 1. The Bertz CT molecular complexity index is 1770. The lowest BCUT2D eigenvalue weighted by atomic mass is 10.1. The first-order chi connectivity index (χ1) is 18.6. The fourth-order valence-corrected chi connectivity index (χ4v) is 4.33. The van der Waals surface area contributed by atoms with E-state index >= 15 is 0 Å². The van der Waals surface area contributed by atoms with Gasteiger partial charge in [0.25, 0.3) is 10.1 Å². The van der Waals surface area contributed by atoms with Crippen LogP contribution in [-0.4, -0.2) is 40.0 Å². The van der Waals surface area contributed by atoms with Crippen molar-refractivity contribution in [1.82, 2.24) is 19.6 Å². The Labute approximate surface area is 221 Å². The van der Waals surface area contributed by atoms with E-state index in [9.17, 15) is 39.6 Å². The van der Waals surface area contributed by atoms with Gasteiger partial charge in [-0.2, -0.15) is 39.9 Å². The standard InChI is InChI=1S/C24H15F6N5O4S/c1-13(21(31)36)39-40(37,38)18-8-14(10-32-12-18)2-3-16-11-33-35-20(24(28,29)30)9-19(34-22(16)35)15-4-6-17(7-5-15)23(25,26)27/h4-13H,1H3,(H2,31,36). The van der Waals surface area contributed by atoms with Crippen LogP contribution >= 0.6 is 0 Å². The van der Waals surface area contributed by atoms with E-state index in [1.807, 2.05) is 0 Å². The molecule has 9 nitrogen and oxygen atoms in total. The molecule has 0 bridgehead atoms. The molecule has 0 fully saturated rings. The number of nitrogens with zero attached hydrogens (tertiary/aromatic N) is 4. The zero-order valence-corrected chi connectivity index (χ0v) is 20.8. The minimum atomic E-state index is -4.91. The first-order valence-corrected chi connectivity index (χ1v) is 12.3. The van der Waals surface area contributed by atoms with Gasteiger partial charge in [0, 0.05) is 23.5 Å². The number of pyridine rings is 1. The summed E-state index contributed by atoms with van der Waals surface area (Å²) < 4.78 is 110. The highest BCUT2D eigenvalue weighted by Gasteiger charge is 2.36. The molecule has 0 aliphatic rings. The molecule has 0 aliphatic carbocycles. The molecule has 1 atom stereocenters. The Morgan fingerprint density at radius 1 is 1.00 bits per heavy atom. The van der Waals surface area contributed by atoms with Gasteiger partial charge in [0.1, 0.15) is 4.90 Å². The third-order valence-corrected chi connectivity index (χ3v) is 6.63. The van der Waals surface area contributed by atoms with Gasteiger partial charge in [-0.05, 0) is 31.2 Å². The topological polar surface area (TPSA) is 130 Å². The monoisotopic (exact) mass is 583 g/mol. The number of alkyl halides is 6. The first-order valence-electron chi connectivity index (χ1n) is 10.9. The van der Waals surface area contributed by atoms with Crippen LogP contribution in [0.2, 0.25) is 0 Å². The fourth-order valence-electron chi connectivity index (χ4n) is 3.29. The number of aromatic nitrogens is 4. The minimum absolute atomic E-state index is 0.00527. The largest absolute Gasteiger partial charge is 0.433 e. The molecule has 2 N–H and O–H groups in total. The molecule has 4 aromatic rings. The average molecular weight is 583 g/mol. The Hall–Kier alpha value is -4.49. The van der Waals surface area contributed by atoms with Gasteiger partial charge in [0.15, 0.2) is 17.4 Å². The van der Waals surface area contributed by atoms with Crippen LogP contribution < -0.4 is 5.73 Å².